The number of carbonyl (C=O) groups is 4. The highest BCUT2D eigenvalue weighted by Crippen LogP contribution is 2.41. The summed E-state index contributed by atoms with van der Waals surface area (Å²) in [4.78, 5) is 67.2. The molecule has 0 bridgehead atoms. The van der Waals surface area contributed by atoms with Gasteiger partial charge in [-0.15, -0.1) is 0 Å². The minimum absolute atomic E-state index is 0.144. The van der Waals surface area contributed by atoms with Gasteiger partial charge >= 0.3 is 12.2 Å². The van der Waals surface area contributed by atoms with E-state index in [-0.39, 0.29) is 24.4 Å². The van der Waals surface area contributed by atoms with Crippen molar-refractivity contribution in [3.8, 4) is 45.1 Å². The molecule has 0 radical (unpaired) electrons. The van der Waals surface area contributed by atoms with E-state index in [1.165, 1.54) is 14.2 Å². The summed E-state index contributed by atoms with van der Waals surface area (Å²) in [5.41, 5.74) is 4.35. The number of aromatic amines is 2. The van der Waals surface area contributed by atoms with Crippen LogP contribution < -0.4 is 25.4 Å². The van der Waals surface area contributed by atoms with Gasteiger partial charge in [0.05, 0.1) is 63.8 Å². The Labute approximate surface area is 362 Å². The Morgan fingerprint density at radius 2 is 1.40 bits per heavy atom. The first-order valence-electron chi connectivity index (χ1n) is 20.7. The molecule has 3 heterocycles. The van der Waals surface area contributed by atoms with Crippen molar-refractivity contribution in [3.05, 3.63) is 60.4 Å². The van der Waals surface area contributed by atoms with Gasteiger partial charge in [-0.3, -0.25) is 9.59 Å². The van der Waals surface area contributed by atoms with Crippen molar-refractivity contribution in [2.45, 2.75) is 65.0 Å². The van der Waals surface area contributed by atoms with Crippen LogP contribution in [0, 0.1) is 5.41 Å². The summed E-state index contributed by atoms with van der Waals surface area (Å²) >= 11 is 0. The third-order valence-electron chi connectivity index (χ3n) is 10.3. The number of hydrogen-bond donors (Lipinski definition) is 5. The number of imidazole rings is 2. The molecule has 0 aliphatic carbocycles. The van der Waals surface area contributed by atoms with Gasteiger partial charge in [0.2, 0.25) is 11.8 Å². The molecule has 0 spiro atoms. The van der Waals surface area contributed by atoms with Crippen molar-refractivity contribution >= 4 is 24.0 Å². The third kappa shape index (κ3) is 12.7. The standard InChI is InChI=1S/C44H60N8O10/c1-44(2,3)39(51-43(56)60-7)41(54)52-18-10-11-34(52)40-47-26-33(50-40)29-14-16-31(36(24-29)62-22-20-58-5)30-15-13-28(23-35(30)61-21-19-57-4)32-25-46-37(49-32)12-8-9-17-45-38(53)27-48-42(55)59-6/h13-16,23-26,34,39H,8-12,17-22,27H2,1-7H3,(H,45,53)(H,46,49)(H,47,50)(H,48,55)(H,51,56). The van der Waals surface area contributed by atoms with Gasteiger partial charge < -0.3 is 59.2 Å². The van der Waals surface area contributed by atoms with E-state index in [2.05, 4.69) is 35.6 Å². The largest absolute Gasteiger partial charge is 0.491 e. The number of rotatable bonds is 21. The van der Waals surface area contributed by atoms with Crippen LogP contribution >= 0.6 is 0 Å². The van der Waals surface area contributed by atoms with Crippen LogP contribution in [0.25, 0.3) is 33.6 Å². The summed E-state index contributed by atoms with van der Waals surface area (Å²) in [7, 11) is 5.77. The van der Waals surface area contributed by atoms with E-state index in [9.17, 15) is 19.2 Å². The van der Waals surface area contributed by atoms with Crippen LogP contribution in [-0.2, 0) is 35.0 Å². The number of aromatic nitrogens is 4. The Hall–Kier alpha value is -6.14. The lowest BCUT2D eigenvalue weighted by Crippen LogP contribution is -2.54. The van der Waals surface area contributed by atoms with Crippen LogP contribution in [0.4, 0.5) is 9.59 Å². The summed E-state index contributed by atoms with van der Waals surface area (Å²) < 4.78 is 32.6. The summed E-state index contributed by atoms with van der Waals surface area (Å²) in [6.45, 7) is 7.99. The summed E-state index contributed by atoms with van der Waals surface area (Å²) in [5.74, 6) is 2.23. The molecule has 1 aliphatic heterocycles. The van der Waals surface area contributed by atoms with Crippen LogP contribution in [0.2, 0.25) is 0 Å². The van der Waals surface area contributed by atoms with Gasteiger partial charge in [-0.2, -0.15) is 0 Å². The number of H-pyrrole nitrogens is 2. The van der Waals surface area contributed by atoms with Crippen molar-refractivity contribution in [1.82, 2.24) is 40.8 Å². The molecule has 4 aromatic rings. The number of alkyl carbamates (subject to hydrolysis) is 2. The quantitative estimate of drug-likeness (QED) is 0.0664. The highest BCUT2D eigenvalue weighted by molar-refractivity contribution is 5.87. The van der Waals surface area contributed by atoms with Gasteiger partial charge in [0.25, 0.3) is 0 Å². The smallest absolute Gasteiger partial charge is 0.407 e. The second-order valence-electron chi connectivity index (χ2n) is 15.8. The molecule has 4 amide bonds. The molecule has 62 heavy (non-hydrogen) atoms. The van der Waals surface area contributed by atoms with Gasteiger partial charge in [0.15, 0.2) is 0 Å². The number of carbonyl (C=O) groups excluding carboxylic acids is 4. The zero-order valence-corrected chi connectivity index (χ0v) is 36.7. The predicted octanol–water partition coefficient (Wildman–Crippen LogP) is 5.41. The van der Waals surface area contributed by atoms with E-state index in [0.717, 1.165) is 65.1 Å². The molecule has 5 rings (SSSR count). The van der Waals surface area contributed by atoms with Crippen LogP contribution in [0.3, 0.4) is 0 Å². The molecule has 2 atom stereocenters. The average Bonchev–Trinajstić information content (AvgIpc) is 4.06. The zero-order valence-electron chi connectivity index (χ0n) is 36.7. The lowest BCUT2D eigenvalue weighted by Gasteiger charge is -2.35. The molecule has 336 valence electrons. The van der Waals surface area contributed by atoms with Gasteiger partial charge in [0, 0.05) is 56.0 Å². The number of methoxy groups -OCH3 is 4. The fourth-order valence-corrected chi connectivity index (χ4v) is 7.06. The topological polar surface area (TPSA) is 220 Å². The molecular formula is C44H60N8O10. The van der Waals surface area contributed by atoms with Crippen LogP contribution in [-0.4, -0.2) is 129 Å². The number of likely N-dealkylation sites (tertiary alicyclic amines) is 1. The summed E-state index contributed by atoms with van der Waals surface area (Å²) in [5, 5.41) is 7.87. The highest BCUT2D eigenvalue weighted by atomic mass is 16.5. The van der Waals surface area contributed by atoms with Crippen molar-refractivity contribution in [1.29, 1.82) is 0 Å². The fraction of sp³-hybridized carbons (Fsp3) is 0.500. The zero-order chi connectivity index (χ0) is 44.6. The maximum absolute atomic E-state index is 13.9. The van der Waals surface area contributed by atoms with Crippen molar-refractivity contribution < 1.29 is 47.6 Å². The molecule has 1 fully saturated rings. The minimum Gasteiger partial charge on any atom is -0.491 e. The van der Waals surface area contributed by atoms with Crippen molar-refractivity contribution in [2.24, 2.45) is 5.41 Å². The van der Waals surface area contributed by atoms with E-state index < -0.39 is 23.6 Å². The molecule has 1 saturated heterocycles. The minimum atomic E-state index is -0.784. The van der Waals surface area contributed by atoms with Gasteiger partial charge in [-0.1, -0.05) is 32.9 Å². The molecular weight excluding hydrogens is 801 g/mol. The first kappa shape index (κ1) is 46.9. The van der Waals surface area contributed by atoms with Gasteiger partial charge in [0.1, 0.15) is 42.4 Å². The van der Waals surface area contributed by atoms with Gasteiger partial charge in [-0.05, 0) is 55.4 Å². The van der Waals surface area contributed by atoms with Crippen LogP contribution in [0.15, 0.2) is 48.8 Å². The number of hydrogen-bond acceptors (Lipinski definition) is 12. The maximum Gasteiger partial charge on any atom is 0.407 e. The SMILES string of the molecule is COCCOc1cc(-c2cnc(CCCCNC(=O)CNC(=O)OC)[nH]2)ccc1-c1ccc(-c2cnc(C3CCCN3C(=O)C(NC(=O)OC)C(C)(C)C)[nH]2)cc1OCCOC. The number of aryl methyl sites for hydroxylation is 1. The van der Waals surface area contributed by atoms with E-state index in [4.69, 9.17) is 28.7 Å². The maximum atomic E-state index is 13.9. The second-order valence-corrected chi connectivity index (χ2v) is 15.8. The van der Waals surface area contributed by atoms with Crippen LogP contribution in [0.5, 0.6) is 11.5 Å². The number of amides is 4. The van der Waals surface area contributed by atoms with E-state index >= 15 is 0 Å². The normalized spacial score (nSPS) is 14.2. The Balaban J connectivity index is 1.34. The van der Waals surface area contributed by atoms with E-state index in [0.29, 0.717) is 63.3 Å². The first-order chi connectivity index (χ1) is 29.9. The molecule has 18 nitrogen and oxygen atoms in total. The molecule has 18 heteroatoms. The molecule has 2 aromatic heterocycles. The summed E-state index contributed by atoms with van der Waals surface area (Å²) in [6, 6.07) is 10.8. The fourth-order valence-electron chi connectivity index (χ4n) is 7.06. The number of nitrogens with one attached hydrogen (secondary N) is 5. The Bertz CT molecular complexity index is 2110. The van der Waals surface area contributed by atoms with E-state index in [1.54, 1.807) is 31.5 Å². The predicted molar refractivity (Wildman–Crippen MR) is 231 cm³/mol. The van der Waals surface area contributed by atoms with Gasteiger partial charge in [-0.25, -0.2) is 19.6 Å². The molecule has 5 N–H and O–H groups in total. The Kier molecular flexibility index (Phi) is 17.1. The highest BCUT2D eigenvalue weighted by Gasteiger charge is 2.41. The lowest BCUT2D eigenvalue weighted by atomic mass is 9.85. The molecule has 2 aromatic carbocycles. The molecule has 0 saturated carbocycles. The number of benzene rings is 2. The number of unbranched alkanes of at least 4 members (excludes halogenated alkanes) is 1. The summed E-state index contributed by atoms with van der Waals surface area (Å²) in [6.07, 6.45) is 5.96. The number of nitrogens with zero attached hydrogens (tertiary/aromatic N) is 3. The first-order valence-corrected chi connectivity index (χ1v) is 20.7. The third-order valence-corrected chi connectivity index (χ3v) is 10.3. The second kappa shape index (κ2) is 22.6. The number of ether oxygens (including phenoxy) is 6. The molecule has 1 aliphatic rings. The average molecular weight is 861 g/mol. The Morgan fingerprint density at radius 3 is 2.00 bits per heavy atom. The van der Waals surface area contributed by atoms with Crippen molar-refractivity contribution in [3.63, 3.8) is 0 Å². The van der Waals surface area contributed by atoms with E-state index in [1.807, 2.05) is 57.2 Å². The Morgan fingerprint density at radius 1 is 0.790 bits per heavy atom. The van der Waals surface area contributed by atoms with Crippen molar-refractivity contribution in [2.75, 3.05) is 74.5 Å². The monoisotopic (exact) mass is 860 g/mol. The lowest BCUT2D eigenvalue weighted by molar-refractivity contribution is -0.137. The molecule has 2 unspecified atom stereocenters. The van der Waals surface area contributed by atoms with Crippen LogP contribution in [0.1, 0.15) is 64.1 Å².